The van der Waals surface area contributed by atoms with Gasteiger partial charge >= 0.3 is 12.1 Å². The van der Waals surface area contributed by atoms with Gasteiger partial charge in [0.05, 0.1) is 10.9 Å². The van der Waals surface area contributed by atoms with Crippen molar-refractivity contribution < 1.29 is 27.1 Å². The number of rotatable bonds is 5. The maximum Gasteiger partial charge on any atom is 0.450 e. The molecular weight excluding hydrogens is 397 g/mol. The van der Waals surface area contributed by atoms with Crippen molar-refractivity contribution in [3.8, 4) is 16.9 Å². The Hall–Kier alpha value is -2.80. The summed E-state index contributed by atoms with van der Waals surface area (Å²) in [7, 11) is 0. The largest absolute Gasteiger partial charge is 0.450 e. The first kappa shape index (κ1) is 19.9. The van der Waals surface area contributed by atoms with Crippen molar-refractivity contribution in [3.05, 3.63) is 64.5 Å². The molecule has 0 amide bonds. The Morgan fingerprint density at radius 3 is 2.46 bits per heavy atom. The Balaban J connectivity index is 2.14. The maximum atomic E-state index is 13.6. The first-order chi connectivity index (χ1) is 13.3. The van der Waals surface area contributed by atoms with Crippen LogP contribution in [0.5, 0.6) is 5.75 Å². The van der Waals surface area contributed by atoms with Crippen LogP contribution >= 0.6 is 11.6 Å². The Morgan fingerprint density at radius 2 is 1.82 bits per heavy atom. The summed E-state index contributed by atoms with van der Waals surface area (Å²) in [6.45, 7) is 0. The van der Waals surface area contributed by atoms with Gasteiger partial charge in [0.15, 0.2) is 0 Å². The van der Waals surface area contributed by atoms with Crippen molar-refractivity contribution in [2.75, 3.05) is 5.88 Å². The van der Waals surface area contributed by atoms with E-state index in [4.69, 9.17) is 20.8 Å². The molecule has 0 radical (unpaired) electrons. The molecule has 0 aliphatic rings. The van der Waals surface area contributed by atoms with Crippen molar-refractivity contribution in [3.63, 3.8) is 0 Å². The molecule has 1 aromatic heterocycles. The van der Waals surface area contributed by atoms with Crippen LogP contribution in [0.1, 0.15) is 18.6 Å². The summed E-state index contributed by atoms with van der Waals surface area (Å²) in [5.74, 6) is -1.73. The predicted molar refractivity (Wildman–Crippen MR) is 98.5 cm³/mol. The fraction of sp³-hybridized carbons (Fsp3) is 0.200. The van der Waals surface area contributed by atoms with Crippen molar-refractivity contribution in [1.29, 1.82) is 0 Å². The second-order valence-electron chi connectivity index (χ2n) is 5.92. The zero-order valence-electron chi connectivity index (χ0n) is 14.4. The topological polar surface area (TPSA) is 56.5 Å². The molecule has 0 atom stereocenters. The summed E-state index contributed by atoms with van der Waals surface area (Å²) in [4.78, 5) is 24.5. The van der Waals surface area contributed by atoms with E-state index in [1.165, 1.54) is 36.4 Å². The molecule has 4 nitrogen and oxygen atoms in total. The molecule has 0 saturated heterocycles. The molecule has 8 heteroatoms. The van der Waals surface area contributed by atoms with Crippen LogP contribution in [0.15, 0.2) is 57.7 Å². The standard InChI is InChI=1S/C20H14ClF3O4/c21-10-4-7-16(25)27-13-8-9-14-15(11-13)28-19(20(22,23)24)17(18(14)26)12-5-2-1-3-6-12/h1-3,5-6,8-9,11H,4,7,10H2. The number of esters is 1. The first-order valence-corrected chi connectivity index (χ1v) is 8.85. The van der Waals surface area contributed by atoms with Crippen LogP contribution in [-0.4, -0.2) is 11.8 Å². The quantitative estimate of drug-likeness (QED) is 0.321. The summed E-state index contributed by atoms with van der Waals surface area (Å²) in [6, 6.07) is 11.2. The summed E-state index contributed by atoms with van der Waals surface area (Å²) in [5.41, 5.74) is -1.60. The lowest BCUT2D eigenvalue weighted by molar-refractivity contribution is -0.152. The van der Waals surface area contributed by atoms with E-state index < -0.39 is 28.9 Å². The molecule has 0 saturated carbocycles. The van der Waals surface area contributed by atoms with Gasteiger partial charge in [-0.1, -0.05) is 30.3 Å². The number of fused-ring (bicyclic) bond motifs is 1. The van der Waals surface area contributed by atoms with E-state index in [-0.39, 0.29) is 34.6 Å². The lowest BCUT2D eigenvalue weighted by Gasteiger charge is -2.13. The molecule has 0 unspecified atom stereocenters. The molecule has 3 rings (SSSR count). The highest BCUT2D eigenvalue weighted by Gasteiger charge is 2.39. The Labute approximate surface area is 162 Å². The molecular formula is C20H14ClF3O4. The third kappa shape index (κ3) is 4.20. The summed E-state index contributed by atoms with van der Waals surface area (Å²) in [6.07, 6.45) is -4.42. The van der Waals surface area contributed by atoms with E-state index in [9.17, 15) is 22.8 Å². The number of benzene rings is 2. The van der Waals surface area contributed by atoms with Gasteiger partial charge in [0.2, 0.25) is 11.2 Å². The normalized spacial score (nSPS) is 11.6. The van der Waals surface area contributed by atoms with E-state index in [0.717, 1.165) is 6.07 Å². The fourth-order valence-electron chi connectivity index (χ4n) is 2.70. The summed E-state index contributed by atoms with van der Waals surface area (Å²) < 4.78 is 50.8. The van der Waals surface area contributed by atoms with Gasteiger partial charge in [-0.3, -0.25) is 9.59 Å². The van der Waals surface area contributed by atoms with Crippen LogP contribution in [0.3, 0.4) is 0 Å². The minimum atomic E-state index is -4.88. The molecule has 146 valence electrons. The van der Waals surface area contributed by atoms with Gasteiger partial charge in [-0.2, -0.15) is 13.2 Å². The second kappa shape index (κ2) is 8.06. The highest BCUT2D eigenvalue weighted by Crippen LogP contribution is 2.37. The molecule has 0 N–H and O–H groups in total. The third-order valence-electron chi connectivity index (χ3n) is 3.93. The zero-order chi connectivity index (χ0) is 20.3. The van der Waals surface area contributed by atoms with Crippen LogP contribution in [0.2, 0.25) is 0 Å². The molecule has 3 aromatic rings. The van der Waals surface area contributed by atoms with Gasteiger partial charge in [0.25, 0.3) is 0 Å². The Morgan fingerprint density at radius 1 is 1.11 bits per heavy atom. The zero-order valence-corrected chi connectivity index (χ0v) is 15.1. The lowest BCUT2D eigenvalue weighted by Crippen LogP contribution is -2.16. The van der Waals surface area contributed by atoms with Gasteiger partial charge in [-0.05, 0) is 24.1 Å². The first-order valence-electron chi connectivity index (χ1n) is 8.31. The van der Waals surface area contributed by atoms with Gasteiger partial charge in [0.1, 0.15) is 11.3 Å². The fourth-order valence-corrected chi connectivity index (χ4v) is 2.83. The molecule has 0 aliphatic heterocycles. The number of ether oxygens (including phenoxy) is 1. The molecule has 0 spiro atoms. The highest BCUT2D eigenvalue weighted by atomic mass is 35.5. The van der Waals surface area contributed by atoms with Crippen molar-refractivity contribution in [2.45, 2.75) is 19.0 Å². The average molecular weight is 411 g/mol. The van der Waals surface area contributed by atoms with Gasteiger partial charge in [0, 0.05) is 18.4 Å². The van der Waals surface area contributed by atoms with Crippen LogP contribution in [-0.2, 0) is 11.0 Å². The number of carbonyl (C=O) groups excluding carboxylic acids is 1. The van der Waals surface area contributed by atoms with E-state index in [1.54, 1.807) is 6.07 Å². The summed E-state index contributed by atoms with van der Waals surface area (Å²) in [5, 5.41) is -0.0487. The van der Waals surface area contributed by atoms with E-state index >= 15 is 0 Å². The number of hydrogen-bond acceptors (Lipinski definition) is 4. The molecule has 1 heterocycles. The minimum Gasteiger partial charge on any atom is -0.450 e. The van der Waals surface area contributed by atoms with Crippen molar-refractivity contribution >= 4 is 28.5 Å². The third-order valence-corrected chi connectivity index (χ3v) is 4.20. The number of carbonyl (C=O) groups is 1. The maximum absolute atomic E-state index is 13.6. The van der Waals surface area contributed by atoms with Crippen LogP contribution in [0.4, 0.5) is 13.2 Å². The van der Waals surface area contributed by atoms with Gasteiger partial charge < -0.3 is 9.15 Å². The van der Waals surface area contributed by atoms with Crippen LogP contribution < -0.4 is 10.2 Å². The highest BCUT2D eigenvalue weighted by molar-refractivity contribution is 6.17. The molecule has 28 heavy (non-hydrogen) atoms. The molecule has 2 aromatic carbocycles. The van der Waals surface area contributed by atoms with E-state index in [0.29, 0.717) is 6.42 Å². The smallest absolute Gasteiger partial charge is 0.450 e. The summed E-state index contributed by atoms with van der Waals surface area (Å²) >= 11 is 5.51. The van der Waals surface area contributed by atoms with Crippen LogP contribution in [0.25, 0.3) is 22.1 Å². The SMILES string of the molecule is O=C(CCCCl)Oc1ccc2c(=O)c(-c3ccccc3)c(C(F)(F)F)oc2c1. The molecule has 0 aliphatic carbocycles. The minimum absolute atomic E-state index is 0.0178. The Bertz CT molecular complexity index is 1060. The molecule has 0 fully saturated rings. The van der Waals surface area contributed by atoms with Gasteiger partial charge in [-0.15, -0.1) is 11.6 Å². The lowest BCUT2D eigenvalue weighted by atomic mass is 10.0. The Kier molecular flexibility index (Phi) is 5.74. The second-order valence-corrected chi connectivity index (χ2v) is 6.30. The van der Waals surface area contributed by atoms with E-state index in [1.807, 2.05) is 0 Å². The van der Waals surface area contributed by atoms with Crippen molar-refractivity contribution in [1.82, 2.24) is 0 Å². The van der Waals surface area contributed by atoms with Gasteiger partial charge in [-0.25, -0.2) is 0 Å². The predicted octanol–water partition coefficient (Wildman–Crippen LogP) is 5.40. The number of alkyl halides is 4. The van der Waals surface area contributed by atoms with E-state index in [2.05, 4.69) is 0 Å². The number of hydrogen-bond donors (Lipinski definition) is 0. The van der Waals surface area contributed by atoms with Crippen LogP contribution in [0, 0.1) is 0 Å². The average Bonchev–Trinajstić information content (AvgIpc) is 2.66. The monoisotopic (exact) mass is 410 g/mol. The number of halogens is 4. The van der Waals surface area contributed by atoms with Crippen molar-refractivity contribution in [2.24, 2.45) is 0 Å². The molecule has 0 bridgehead atoms.